The monoisotopic (exact) mass is 236 g/mol. The molecule has 1 aromatic carbocycles. The smallest absolute Gasteiger partial charge is 0.252 e. The van der Waals surface area contributed by atoms with Crippen molar-refractivity contribution in [3.8, 4) is 5.75 Å². The molecule has 0 atom stereocenters. The van der Waals surface area contributed by atoms with Crippen molar-refractivity contribution in [1.29, 1.82) is 0 Å². The molecule has 0 fully saturated rings. The van der Waals surface area contributed by atoms with Crippen LogP contribution in [0.3, 0.4) is 0 Å². The van der Waals surface area contributed by atoms with Crippen LogP contribution in [0, 0.1) is 5.92 Å². The second-order valence-electron chi connectivity index (χ2n) is 4.08. The molecule has 0 aliphatic rings. The van der Waals surface area contributed by atoms with Crippen LogP contribution in [-0.4, -0.2) is 12.5 Å². The highest BCUT2D eigenvalue weighted by Gasteiger charge is 2.13. The quantitative estimate of drug-likeness (QED) is 0.743. The molecule has 17 heavy (non-hydrogen) atoms. The Bertz CT molecular complexity index is 387. The summed E-state index contributed by atoms with van der Waals surface area (Å²) in [6, 6.07) is 5.02. The number of nitrogen functional groups attached to an aromatic ring is 1. The highest BCUT2D eigenvalue weighted by Crippen LogP contribution is 2.27. The van der Waals surface area contributed by atoms with Crippen LogP contribution in [-0.2, 0) is 0 Å². The van der Waals surface area contributed by atoms with Crippen molar-refractivity contribution >= 4 is 11.6 Å². The molecule has 94 valence electrons. The van der Waals surface area contributed by atoms with Crippen molar-refractivity contribution in [2.75, 3.05) is 12.3 Å². The Morgan fingerprint density at radius 2 is 2.00 bits per heavy atom. The summed E-state index contributed by atoms with van der Waals surface area (Å²) in [5, 5.41) is 0. The Kier molecular flexibility index (Phi) is 4.82. The molecule has 4 heteroatoms. The third-order valence-electron chi connectivity index (χ3n) is 2.93. The fraction of sp³-hybridized carbons (Fsp3) is 0.462. The minimum Gasteiger partial charge on any atom is -0.490 e. The number of rotatable bonds is 6. The van der Waals surface area contributed by atoms with Crippen LogP contribution in [0.4, 0.5) is 5.69 Å². The number of ether oxygens (including phenoxy) is 1. The number of para-hydroxylation sites is 1. The zero-order valence-corrected chi connectivity index (χ0v) is 10.4. The average Bonchev–Trinajstić information content (AvgIpc) is 2.31. The first-order valence-corrected chi connectivity index (χ1v) is 5.91. The second-order valence-corrected chi connectivity index (χ2v) is 4.08. The number of benzene rings is 1. The lowest BCUT2D eigenvalue weighted by atomic mass is 10.1. The van der Waals surface area contributed by atoms with Gasteiger partial charge in [0.05, 0.1) is 17.9 Å². The molecule has 0 spiro atoms. The SMILES string of the molecule is CCC(CC)COc1c(N)cccc1C(N)=O. The fourth-order valence-corrected chi connectivity index (χ4v) is 1.64. The summed E-state index contributed by atoms with van der Waals surface area (Å²) in [6.07, 6.45) is 2.07. The number of primary amides is 1. The van der Waals surface area contributed by atoms with Crippen LogP contribution in [0.5, 0.6) is 5.75 Å². The van der Waals surface area contributed by atoms with Gasteiger partial charge in [0.2, 0.25) is 0 Å². The third-order valence-corrected chi connectivity index (χ3v) is 2.93. The Morgan fingerprint density at radius 3 is 2.53 bits per heavy atom. The van der Waals surface area contributed by atoms with Crippen LogP contribution in [0.1, 0.15) is 37.0 Å². The minimum atomic E-state index is -0.517. The van der Waals surface area contributed by atoms with Gasteiger partial charge in [-0.1, -0.05) is 32.8 Å². The summed E-state index contributed by atoms with van der Waals surface area (Å²) in [7, 11) is 0. The van der Waals surface area contributed by atoms with E-state index >= 15 is 0 Å². The van der Waals surface area contributed by atoms with Crippen molar-refractivity contribution in [2.45, 2.75) is 26.7 Å². The van der Waals surface area contributed by atoms with Crippen LogP contribution in [0.15, 0.2) is 18.2 Å². The van der Waals surface area contributed by atoms with Gasteiger partial charge in [-0.3, -0.25) is 4.79 Å². The number of hydrogen-bond donors (Lipinski definition) is 2. The van der Waals surface area contributed by atoms with Gasteiger partial charge in [-0.25, -0.2) is 0 Å². The van der Waals surface area contributed by atoms with Gasteiger partial charge in [-0.2, -0.15) is 0 Å². The van der Waals surface area contributed by atoms with Crippen molar-refractivity contribution in [3.05, 3.63) is 23.8 Å². The summed E-state index contributed by atoms with van der Waals surface area (Å²) in [5.41, 5.74) is 11.9. The molecule has 0 unspecified atom stereocenters. The molecule has 1 rings (SSSR count). The standard InChI is InChI=1S/C13H20N2O2/c1-3-9(4-2)8-17-12-10(13(15)16)6-5-7-11(12)14/h5-7,9H,3-4,8,14H2,1-2H3,(H2,15,16). The Labute approximate surface area is 102 Å². The molecule has 0 radical (unpaired) electrons. The van der Waals surface area contributed by atoms with E-state index in [9.17, 15) is 4.79 Å². The third kappa shape index (κ3) is 3.37. The predicted octanol–water partition coefficient (Wildman–Crippen LogP) is 2.18. The Hall–Kier alpha value is -1.71. The van der Waals surface area contributed by atoms with Gasteiger partial charge in [-0.05, 0) is 18.1 Å². The van der Waals surface area contributed by atoms with E-state index in [2.05, 4.69) is 13.8 Å². The van der Waals surface area contributed by atoms with Crippen LogP contribution in [0.2, 0.25) is 0 Å². The molecule has 0 aromatic heterocycles. The molecule has 0 aliphatic heterocycles. The van der Waals surface area contributed by atoms with E-state index in [-0.39, 0.29) is 0 Å². The van der Waals surface area contributed by atoms with Gasteiger partial charge in [0.15, 0.2) is 5.75 Å². The molecular weight excluding hydrogens is 216 g/mol. The van der Waals surface area contributed by atoms with Crippen LogP contribution in [0.25, 0.3) is 0 Å². The van der Waals surface area contributed by atoms with Crippen molar-refractivity contribution < 1.29 is 9.53 Å². The second kappa shape index (κ2) is 6.13. The summed E-state index contributed by atoms with van der Waals surface area (Å²) in [6.45, 7) is 4.78. The van der Waals surface area contributed by atoms with E-state index in [0.29, 0.717) is 29.5 Å². The molecule has 0 aliphatic carbocycles. The topological polar surface area (TPSA) is 78.3 Å². The van der Waals surface area contributed by atoms with Gasteiger partial charge in [0.25, 0.3) is 5.91 Å². The Morgan fingerprint density at radius 1 is 1.35 bits per heavy atom. The van der Waals surface area contributed by atoms with Gasteiger partial charge in [-0.15, -0.1) is 0 Å². The molecule has 0 bridgehead atoms. The van der Waals surface area contributed by atoms with E-state index in [4.69, 9.17) is 16.2 Å². The minimum absolute atomic E-state index is 0.343. The van der Waals surface area contributed by atoms with E-state index in [0.717, 1.165) is 12.8 Å². The number of hydrogen-bond acceptors (Lipinski definition) is 3. The van der Waals surface area contributed by atoms with E-state index < -0.39 is 5.91 Å². The first kappa shape index (κ1) is 13.4. The summed E-state index contributed by atoms with van der Waals surface area (Å²) in [4.78, 5) is 11.2. The number of carbonyl (C=O) groups excluding carboxylic acids is 1. The Balaban J connectivity index is 2.85. The van der Waals surface area contributed by atoms with Gasteiger partial charge in [0.1, 0.15) is 0 Å². The van der Waals surface area contributed by atoms with Crippen molar-refractivity contribution in [3.63, 3.8) is 0 Å². The average molecular weight is 236 g/mol. The van der Waals surface area contributed by atoms with Gasteiger partial charge >= 0.3 is 0 Å². The molecular formula is C13H20N2O2. The molecule has 1 aromatic rings. The predicted molar refractivity (Wildman–Crippen MR) is 68.9 cm³/mol. The molecule has 0 saturated carbocycles. The van der Waals surface area contributed by atoms with E-state index in [1.165, 1.54) is 0 Å². The lowest BCUT2D eigenvalue weighted by molar-refractivity contribution is 0.0995. The molecule has 0 saturated heterocycles. The van der Waals surface area contributed by atoms with E-state index in [1.54, 1.807) is 18.2 Å². The highest BCUT2D eigenvalue weighted by molar-refractivity contribution is 5.97. The first-order valence-electron chi connectivity index (χ1n) is 5.91. The maximum Gasteiger partial charge on any atom is 0.252 e. The first-order chi connectivity index (χ1) is 8.10. The normalized spacial score (nSPS) is 10.5. The lowest BCUT2D eigenvalue weighted by Crippen LogP contribution is -2.17. The zero-order chi connectivity index (χ0) is 12.8. The summed E-state index contributed by atoms with van der Waals surface area (Å²) in [5.74, 6) is 0.360. The summed E-state index contributed by atoms with van der Waals surface area (Å²) < 4.78 is 5.65. The number of anilines is 1. The molecule has 4 N–H and O–H groups in total. The molecule has 4 nitrogen and oxygen atoms in total. The molecule has 0 heterocycles. The van der Waals surface area contributed by atoms with E-state index in [1.807, 2.05) is 0 Å². The summed E-state index contributed by atoms with van der Waals surface area (Å²) >= 11 is 0. The van der Waals surface area contributed by atoms with Crippen LogP contribution < -0.4 is 16.2 Å². The maximum atomic E-state index is 11.2. The zero-order valence-electron chi connectivity index (χ0n) is 10.4. The van der Waals surface area contributed by atoms with Crippen LogP contribution >= 0.6 is 0 Å². The van der Waals surface area contributed by atoms with Crippen molar-refractivity contribution in [2.24, 2.45) is 11.7 Å². The fourth-order valence-electron chi connectivity index (χ4n) is 1.64. The number of amides is 1. The molecule has 1 amide bonds. The van der Waals surface area contributed by atoms with Gasteiger partial charge in [0, 0.05) is 0 Å². The van der Waals surface area contributed by atoms with Crippen molar-refractivity contribution in [1.82, 2.24) is 0 Å². The maximum absolute atomic E-state index is 11.2. The largest absolute Gasteiger partial charge is 0.490 e. The number of carbonyl (C=O) groups is 1. The highest BCUT2D eigenvalue weighted by atomic mass is 16.5. The number of nitrogens with two attached hydrogens (primary N) is 2. The van der Waals surface area contributed by atoms with Gasteiger partial charge < -0.3 is 16.2 Å². The lowest BCUT2D eigenvalue weighted by Gasteiger charge is -2.16.